The molecule has 1 N–H and O–H groups in total. The monoisotopic (exact) mass is 298 g/mol. The number of hydrogen-bond acceptors (Lipinski definition) is 3. The molecule has 0 saturated heterocycles. The van der Waals surface area contributed by atoms with Crippen molar-refractivity contribution < 1.29 is 4.42 Å². The second kappa shape index (κ2) is 6.02. The van der Waals surface area contributed by atoms with Crippen LogP contribution in [-0.2, 0) is 0 Å². The maximum absolute atomic E-state index is 6.23. The Balaban J connectivity index is 1.82. The third-order valence-electron chi connectivity index (χ3n) is 3.33. The van der Waals surface area contributed by atoms with Crippen molar-refractivity contribution >= 4 is 17.3 Å². The van der Waals surface area contributed by atoms with E-state index in [1.807, 2.05) is 48.5 Å². The highest BCUT2D eigenvalue weighted by Crippen LogP contribution is 2.28. The van der Waals surface area contributed by atoms with E-state index in [1.165, 1.54) is 6.39 Å². The zero-order valence-electron chi connectivity index (χ0n) is 11.6. The summed E-state index contributed by atoms with van der Waals surface area (Å²) in [6.07, 6.45) is 3.14. The van der Waals surface area contributed by atoms with Crippen LogP contribution in [0, 0.1) is 0 Å². The van der Waals surface area contributed by atoms with Gasteiger partial charge in [-0.1, -0.05) is 41.9 Å². The van der Waals surface area contributed by atoms with Gasteiger partial charge in [0.05, 0.1) is 6.20 Å². The summed E-state index contributed by atoms with van der Waals surface area (Å²) in [4.78, 5) is 3.94. The summed E-state index contributed by atoms with van der Waals surface area (Å²) in [5.74, 6) is 0.754. The van der Waals surface area contributed by atoms with Crippen LogP contribution in [0.1, 0.15) is 18.5 Å². The molecule has 1 unspecified atom stereocenters. The highest BCUT2D eigenvalue weighted by atomic mass is 35.5. The van der Waals surface area contributed by atoms with Gasteiger partial charge < -0.3 is 9.73 Å². The highest BCUT2D eigenvalue weighted by molar-refractivity contribution is 6.31. The number of rotatable bonds is 4. The van der Waals surface area contributed by atoms with Gasteiger partial charge >= 0.3 is 0 Å². The molecule has 1 aromatic heterocycles. The van der Waals surface area contributed by atoms with Crippen LogP contribution < -0.4 is 5.32 Å². The van der Waals surface area contributed by atoms with E-state index in [9.17, 15) is 0 Å². The Hall–Kier alpha value is -2.26. The third-order valence-corrected chi connectivity index (χ3v) is 3.68. The largest absolute Gasteiger partial charge is 0.444 e. The first-order valence-corrected chi connectivity index (χ1v) is 7.12. The van der Waals surface area contributed by atoms with Gasteiger partial charge in [0.1, 0.15) is 0 Å². The van der Waals surface area contributed by atoms with E-state index in [0.29, 0.717) is 0 Å². The van der Waals surface area contributed by atoms with Gasteiger partial charge in [0, 0.05) is 22.3 Å². The fraction of sp³-hybridized carbons (Fsp3) is 0.118. The number of hydrogen-bond donors (Lipinski definition) is 1. The molecule has 0 aliphatic carbocycles. The van der Waals surface area contributed by atoms with Crippen molar-refractivity contribution in [3.8, 4) is 11.3 Å². The number of halogens is 1. The molecule has 0 amide bonds. The van der Waals surface area contributed by atoms with Crippen LogP contribution in [0.4, 0.5) is 5.69 Å². The van der Waals surface area contributed by atoms with Gasteiger partial charge in [0.2, 0.25) is 0 Å². The van der Waals surface area contributed by atoms with Crippen molar-refractivity contribution in [3.05, 3.63) is 71.7 Å². The third kappa shape index (κ3) is 3.09. The molecule has 3 rings (SSSR count). The molecule has 4 heteroatoms. The van der Waals surface area contributed by atoms with Crippen molar-refractivity contribution in [2.45, 2.75) is 13.0 Å². The predicted molar refractivity (Wildman–Crippen MR) is 85.4 cm³/mol. The van der Waals surface area contributed by atoms with Crippen molar-refractivity contribution in [1.82, 2.24) is 4.98 Å². The molecule has 3 nitrogen and oxygen atoms in total. The average Bonchev–Trinajstić information content (AvgIpc) is 3.02. The second-order valence-electron chi connectivity index (χ2n) is 4.83. The topological polar surface area (TPSA) is 38.1 Å². The molecule has 0 bridgehead atoms. The molecular weight excluding hydrogens is 284 g/mol. The first kappa shape index (κ1) is 13.7. The molecular formula is C17H15ClN2O. The summed E-state index contributed by atoms with van der Waals surface area (Å²) in [7, 11) is 0. The maximum Gasteiger partial charge on any atom is 0.181 e. The minimum Gasteiger partial charge on any atom is -0.444 e. The van der Waals surface area contributed by atoms with Crippen molar-refractivity contribution in [2.75, 3.05) is 5.32 Å². The van der Waals surface area contributed by atoms with E-state index in [0.717, 1.165) is 27.6 Å². The maximum atomic E-state index is 6.23. The van der Waals surface area contributed by atoms with Gasteiger partial charge in [-0.05, 0) is 30.7 Å². The normalized spacial score (nSPS) is 12.1. The lowest BCUT2D eigenvalue weighted by molar-refractivity contribution is 0.572. The summed E-state index contributed by atoms with van der Waals surface area (Å²) in [5, 5.41) is 4.22. The van der Waals surface area contributed by atoms with E-state index >= 15 is 0 Å². The van der Waals surface area contributed by atoms with Gasteiger partial charge in [-0.3, -0.25) is 0 Å². The number of nitrogens with zero attached hydrogens (tertiary/aromatic N) is 1. The molecule has 0 saturated carbocycles. The number of oxazole rings is 1. The fourth-order valence-electron chi connectivity index (χ4n) is 2.27. The van der Waals surface area contributed by atoms with Gasteiger partial charge in [-0.2, -0.15) is 0 Å². The van der Waals surface area contributed by atoms with Crippen LogP contribution in [0.15, 0.2) is 65.5 Å². The molecule has 0 aliphatic heterocycles. The molecule has 1 heterocycles. The summed E-state index contributed by atoms with van der Waals surface area (Å²) >= 11 is 6.23. The lowest BCUT2D eigenvalue weighted by atomic mass is 10.1. The molecule has 0 radical (unpaired) electrons. The number of aromatic nitrogens is 1. The van der Waals surface area contributed by atoms with Gasteiger partial charge in [0.25, 0.3) is 0 Å². The SMILES string of the molecule is CC(Nc1cccc(-c2cnco2)c1)c1ccccc1Cl. The fourth-order valence-corrected chi connectivity index (χ4v) is 2.57. The predicted octanol–water partition coefficient (Wildman–Crippen LogP) is 5.17. The van der Waals surface area contributed by atoms with Crippen molar-refractivity contribution in [3.63, 3.8) is 0 Å². The molecule has 106 valence electrons. The lowest BCUT2D eigenvalue weighted by Crippen LogP contribution is -2.07. The Labute approximate surface area is 128 Å². The van der Waals surface area contributed by atoms with E-state index < -0.39 is 0 Å². The first-order chi connectivity index (χ1) is 10.2. The van der Waals surface area contributed by atoms with E-state index in [-0.39, 0.29) is 6.04 Å². The van der Waals surface area contributed by atoms with E-state index in [1.54, 1.807) is 6.20 Å². The van der Waals surface area contributed by atoms with E-state index in [2.05, 4.69) is 17.2 Å². The molecule has 0 fully saturated rings. The smallest absolute Gasteiger partial charge is 0.181 e. The molecule has 2 aromatic carbocycles. The van der Waals surface area contributed by atoms with Gasteiger partial charge in [0.15, 0.2) is 12.2 Å². The Kier molecular flexibility index (Phi) is 3.93. The van der Waals surface area contributed by atoms with Crippen LogP contribution in [0.2, 0.25) is 5.02 Å². The minimum absolute atomic E-state index is 0.115. The quantitative estimate of drug-likeness (QED) is 0.722. The van der Waals surface area contributed by atoms with Crippen LogP contribution in [0.3, 0.4) is 0 Å². The van der Waals surface area contributed by atoms with Crippen LogP contribution in [-0.4, -0.2) is 4.98 Å². The number of benzene rings is 2. The molecule has 3 aromatic rings. The Bertz CT molecular complexity index is 725. The van der Waals surface area contributed by atoms with Crippen LogP contribution in [0.25, 0.3) is 11.3 Å². The minimum atomic E-state index is 0.115. The Morgan fingerprint density at radius 2 is 2.00 bits per heavy atom. The van der Waals surface area contributed by atoms with Crippen molar-refractivity contribution in [1.29, 1.82) is 0 Å². The Morgan fingerprint density at radius 1 is 1.14 bits per heavy atom. The summed E-state index contributed by atoms with van der Waals surface area (Å²) in [5.41, 5.74) is 3.07. The molecule has 21 heavy (non-hydrogen) atoms. The van der Waals surface area contributed by atoms with Crippen LogP contribution in [0.5, 0.6) is 0 Å². The van der Waals surface area contributed by atoms with Gasteiger partial charge in [-0.25, -0.2) is 4.98 Å². The van der Waals surface area contributed by atoms with Gasteiger partial charge in [-0.15, -0.1) is 0 Å². The number of anilines is 1. The first-order valence-electron chi connectivity index (χ1n) is 6.74. The average molecular weight is 299 g/mol. The zero-order chi connectivity index (χ0) is 14.7. The molecule has 0 aliphatic rings. The summed E-state index contributed by atoms with van der Waals surface area (Å²) in [6.45, 7) is 2.09. The standard InChI is InChI=1S/C17H15ClN2O/c1-12(15-7-2-3-8-16(15)18)20-14-6-4-5-13(9-14)17-10-19-11-21-17/h2-12,20H,1H3. The van der Waals surface area contributed by atoms with Crippen LogP contribution >= 0.6 is 11.6 Å². The highest BCUT2D eigenvalue weighted by Gasteiger charge is 2.09. The number of nitrogens with one attached hydrogen (secondary N) is 1. The second-order valence-corrected chi connectivity index (χ2v) is 5.24. The summed E-state index contributed by atoms with van der Waals surface area (Å²) < 4.78 is 5.32. The lowest BCUT2D eigenvalue weighted by Gasteiger charge is -2.17. The zero-order valence-corrected chi connectivity index (χ0v) is 12.3. The summed E-state index contributed by atoms with van der Waals surface area (Å²) in [6, 6.07) is 16.0. The molecule has 1 atom stereocenters. The Morgan fingerprint density at radius 3 is 2.76 bits per heavy atom. The van der Waals surface area contributed by atoms with E-state index in [4.69, 9.17) is 16.0 Å². The van der Waals surface area contributed by atoms with Crippen molar-refractivity contribution in [2.24, 2.45) is 0 Å². The molecule has 0 spiro atoms.